The molecule has 2 aliphatic rings. The summed E-state index contributed by atoms with van der Waals surface area (Å²) in [4.78, 5) is 34.9. The molecular weight excluding hydrogens is 495 g/mol. The molecular formula is C21H33IN6O2. The van der Waals surface area contributed by atoms with Crippen LogP contribution in [-0.2, 0) is 4.79 Å². The Morgan fingerprint density at radius 1 is 1.17 bits per heavy atom. The number of guanidine groups is 1. The van der Waals surface area contributed by atoms with Gasteiger partial charge in [-0.1, -0.05) is 19.3 Å². The van der Waals surface area contributed by atoms with Crippen LogP contribution in [0.15, 0.2) is 29.5 Å². The van der Waals surface area contributed by atoms with Gasteiger partial charge >= 0.3 is 0 Å². The van der Waals surface area contributed by atoms with E-state index in [0.29, 0.717) is 30.5 Å². The van der Waals surface area contributed by atoms with Crippen LogP contribution in [0.3, 0.4) is 0 Å². The van der Waals surface area contributed by atoms with Gasteiger partial charge in [0.05, 0.1) is 5.56 Å². The maximum absolute atomic E-state index is 12.7. The van der Waals surface area contributed by atoms with E-state index in [9.17, 15) is 9.59 Å². The number of nitrogens with zero attached hydrogens (tertiary/aromatic N) is 3. The molecule has 1 aliphatic carbocycles. The Labute approximate surface area is 195 Å². The molecule has 1 atom stereocenters. The van der Waals surface area contributed by atoms with Crippen molar-refractivity contribution in [1.82, 2.24) is 25.8 Å². The van der Waals surface area contributed by atoms with Gasteiger partial charge in [0.15, 0.2) is 5.96 Å². The summed E-state index contributed by atoms with van der Waals surface area (Å²) >= 11 is 0. The molecule has 9 heteroatoms. The fourth-order valence-electron chi connectivity index (χ4n) is 4.03. The van der Waals surface area contributed by atoms with Crippen LogP contribution in [0.25, 0.3) is 0 Å². The number of carbonyl (C=O) groups excluding carboxylic acids is 2. The van der Waals surface area contributed by atoms with Gasteiger partial charge in [-0.05, 0) is 31.4 Å². The lowest BCUT2D eigenvalue weighted by molar-refractivity contribution is -0.135. The molecule has 3 rings (SSSR count). The average Bonchev–Trinajstić information content (AvgIpc) is 3.24. The van der Waals surface area contributed by atoms with Gasteiger partial charge in [-0.3, -0.25) is 19.6 Å². The van der Waals surface area contributed by atoms with Gasteiger partial charge in [0, 0.05) is 57.6 Å². The van der Waals surface area contributed by atoms with Crippen molar-refractivity contribution in [2.45, 2.75) is 44.6 Å². The second-order valence-electron chi connectivity index (χ2n) is 7.75. The molecule has 166 valence electrons. The highest BCUT2D eigenvalue weighted by molar-refractivity contribution is 14.0. The molecule has 2 heterocycles. The van der Waals surface area contributed by atoms with Crippen molar-refractivity contribution in [3.8, 4) is 0 Å². The number of aromatic nitrogens is 1. The number of hydrogen-bond donors (Lipinski definition) is 3. The predicted molar refractivity (Wildman–Crippen MR) is 128 cm³/mol. The third-order valence-electron chi connectivity index (χ3n) is 5.65. The molecule has 3 N–H and O–H groups in total. The summed E-state index contributed by atoms with van der Waals surface area (Å²) < 4.78 is 0. The van der Waals surface area contributed by atoms with E-state index in [-0.39, 0.29) is 41.8 Å². The van der Waals surface area contributed by atoms with Crippen molar-refractivity contribution in [3.05, 3.63) is 30.1 Å². The first-order valence-electron chi connectivity index (χ1n) is 10.6. The number of hydrogen-bond acceptors (Lipinski definition) is 4. The van der Waals surface area contributed by atoms with Gasteiger partial charge in [0.2, 0.25) is 5.91 Å². The number of likely N-dealkylation sites (tertiary alicyclic amines) is 1. The molecule has 1 saturated heterocycles. The molecule has 0 radical (unpaired) electrons. The van der Waals surface area contributed by atoms with Crippen molar-refractivity contribution in [3.63, 3.8) is 0 Å². The first-order chi connectivity index (χ1) is 14.2. The Bertz CT molecular complexity index is 709. The predicted octanol–water partition coefficient (Wildman–Crippen LogP) is 1.78. The van der Waals surface area contributed by atoms with Crippen molar-refractivity contribution < 1.29 is 9.59 Å². The number of nitrogens with one attached hydrogen (secondary N) is 3. The lowest BCUT2D eigenvalue weighted by atomic mass is 9.88. The Balaban J connectivity index is 0.00000320. The van der Waals surface area contributed by atoms with E-state index in [1.807, 2.05) is 4.90 Å². The molecule has 1 aromatic heterocycles. The van der Waals surface area contributed by atoms with E-state index in [2.05, 4.69) is 25.9 Å². The summed E-state index contributed by atoms with van der Waals surface area (Å²) in [5, 5.41) is 9.46. The van der Waals surface area contributed by atoms with Crippen molar-refractivity contribution >= 4 is 41.8 Å². The topological polar surface area (TPSA) is 98.7 Å². The van der Waals surface area contributed by atoms with E-state index >= 15 is 0 Å². The van der Waals surface area contributed by atoms with Gasteiger partial charge < -0.3 is 20.9 Å². The molecule has 2 amide bonds. The fraction of sp³-hybridized carbons (Fsp3) is 0.619. The van der Waals surface area contributed by atoms with Crippen LogP contribution in [-0.4, -0.2) is 66.9 Å². The first kappa shape index (κ1) is 24.4. The van der Waals surface area contributed by atoms with Gasteiger partial charge in [0.25, 0.3) is 5.91 Å². The number of amides is 2. The molecule has 0 spiro atoms. The van der Waals surface area contributed by atoms with Gasteiger partial charge in [-0.15, -0.1) is 24.0 Å². The lowest BCUT2D eigenvalue weighted by Crippen LogP contribution is -2.47. The van der Waals surface area contributed by atoms with Crippen LogP contribution in [0.1, 0.15) is 48.9 Å². The molecule has 1 saturated carbocycles. The minimum atomic E-state index is -0.143. The SMILES string of the molecule is CN=C(NCCNC(=O)c1cccnc1)NC1CCN(C(=O)C2CCCCC2)C1.I. The zero-order chi connectivity index (χ0) is 20.5. The van der Waals surface area contributed by atoms with E-state index in [1.165, 1.54) is 19.3 Å². The van der Waals surface area contributed by atoms with Crippen molar-refractivity contribution in [2.24, 2.45) is 10.9 Å². The molecule has 8 nitrogen and oxygen atoms in total. The lowest BCUT2D eigenvalue weighted by Gasteiger charge is -2.26. The standard InChI is InChI=1S/C21H32N6O2.HI/c1-22-21(25-12-11-24-19(28)17-8-5-10-23-14-17)26-18-9-13-27(15-18)20(29)16-6-3-2-4-7-16;/h5,8,10,14,16,18H,2-4,6-7,9,11-13,15H2,1H3,(H,24,28)(H2,22,25,26);1H. The summed E-state index contributed by atoms with van der Waals surface area (Å²) in [5.41, 5.74) is 0.545. The van der Waals surface area contributed by atoms with Crippen molar-refractivity contribution in [2.75, 3.05) is 33.2 Å². The third-order valence-corrected chi connectivity index (χ3v) is 5.65. The smallest absolute Gasteiger partial charge is 0.252 e. The highest BCUT2D eigenvalue weighted by Crippen LogP contribution is 2.26. The van der Waals surface area contributed by atoms with Crippen LogP contribution in [0.2, 0.25) is 0 Å². The van der Waals surface area contributed by atoms with E-state index in [1.54, 1.807) is 31.6 Å². The normalized spacial score (nSPS) is 19.7. The van der Waals surface area contributed by atoms with Crippen LogP contribution in [0, 0.1) is 5.92 Å². The maximum atomic E-state index is 12.7. The van der Waals surface area contributed by atoms with Crippen LogP contribution in [0.4, 0.5) is 0 Å². The summed E-state index contributed by atoms with van der Waals surface area (Å²) in [7, 11) is 1.73. The van der Waals surface area contributed by atoms with Crippen LogP contribution >= 0.6 is 24.0 Å². The number of rotatable bonds is 6. The average molecular weight is 528 g/mol. The van der Waals surface area contributed by atoms with E-state index in [0.717, 1.165) is 32.4 Å². The zero-order valence-corrected chi connectivity index (χ0v) is 19.9. The zero-order valence-electron chi connectivity index (χ0n) is 17.6. The van der Waals surface area contributed by atoms with Crippen LogP contribution < -0.4 is 16.0 Å². The third kappa shape index (κ3) is 7.10. The molecule has 1 aromatic rings. The fourth-order valence-corrected chi connectivity index (χ4v) is 4.03. The summed E-state index contributed by atoms with van der Waals surface area (Å²) in [6, 6.07) is 3.68. The highest BCUT2D eigenvalue weighted by Gasteiger charge is 2.31. The molecule has 0 bridgehead atoms. The number of halogens is 1. The number of pyridine rings is 1. The molecule has 1 aliphatic heterocycles. The number of aliphatic imine (C=N–C) groups is 1. The summed E-state index contributed by atoms with van der Waals surface area (Å²) in [6.45, 7) is 2.58. The largest absolute Gasteiger partial charge is 0.355 e. The second-order valence-corrected chi connectivity index (χ2v) is 7.75. The number of carbonyl (C=O) groups is 2. The van der Waals surface area contributed by atoms with Gasteiger partial charge in [-0.2, -0.15) is 0 Å². The summed E-state index contributed by atoms with van der Waals surface area (Å²) in [5.74, 6) is 1.10. The molecule has 30 heavy (non-hydrogen) atoms. The second kappa shape index (κ2) is 12.7. The minimum absolute atomic E-state index is 0. The Hall–Kier alpha value is -1.91. The molecule has 0 aromatic carbocycles. The van der Waals surface area contributed by atoms with Gasteiger partial charge in [-0.25, -0.2) is 0 Å². The van der Waals surface area contributed by atoms with E-state index < -0.39 is 0 Å². The maximum Gasteiger partial charge on any atom is 0.252 e. The Morgan fingerprint density at radius 3 is 2.63 bits per heavy atom. The monoisotopic (exact) mass is 528 g/mol. The van der Waals surface area contributed by atoms with Gasteiger partial charge in [0.1, 0.15) is 0 Å². The Morgan fingerprint density at radius 2 is 1.93 bits per heavy atom. The Kier molecular flexibility index (Phi) is 10.3. The highest BCUT2D eigenvalue weighted by atomic mass is 127. The molecule has 1 unspecified atom stereocenters. The molecule has 2 fully saturated rings. The minimum Gasteiger partial charge on any atom is -0.355 e. The van der Waals surface area contributed by atoms with Crippen molar-refractivity contribution in [1.29, 1.82) is 0 Å². The quantitative estimate of drug-likeness (QED) is 0.226. The summed E-state index contributed by atoms with van der Waals surface area (Å²) in [6.07, 6.45) is 9.82. The first-order valence-corrected chi connectivity index (χ1v) is 10.6. The van der Waals surface area contributed by atoms with Crippen LogP contribution in [0.5, 0.6) is 0 Å². The van der Waals surface area contributed by atoms with E-state index in [4.69, 9.17) is 0 Å².